The first kappa shape index (κ1) is 39.3. The van der Waals surface area contributed by atoms with Crippen molar-refractivity contribution in [2.24, 2.45) is 0 Å². The lowest BCUT2D eigenvalue weighted by atomic mass is 9.97. The minimum absolute atomic E-state index is 0.00907. The molecule has 0 aromatic heterocycles. The lowest BCUT2D eigenvalue weighted by Crippen LogP contribution is -2.28. The first-order valence-corrected chi connectivity index (χ1v) is 17.2. The third-order valence-electron chi connectivity index (χ3n) is 5.89. The van der Waals surface area contributed by atoms with Crippen LogP contribution in [0.1, 0.15) is 57.8 Å². The maximum atomic E-state index is 11.9. The Morgan fingerprint density at radius 2 is 1.38 bits per heavy atom. The van der Waals surface area contributed by atoms with Crippen LogP contribution in [0.25, 0.3) is 0 Å². The second kappa shape index (κ2) is 25.6. The molecule has 1 saturated heterocycles. The Morgan fingerprint density at radius 1 is 0.786 bits per heavy atom. The van der Waals surface area contributed by atoms with Gasteiger partial charge in [-0.05, 0) is 32.1 Å². The summed E-state index contributed by atoms with van der Waals surface area (Å²) < 4.78 is 47.2. The molecule has 0 aromatic rings. The van der Waals surface area contributed by atoms with E-state index in [-0.39, 0.29) is 50.0 Å². The number of nitrogens with one attached hydrogen (secondary N) is 2. The molecule has 1 heterocycles. The Bertz CT molecular complexity index is 753. The topological polar surface area (TPSA) is 201 Å². The van der Waals surface area contributed by atoms with E-state index < -0.39 is 16.4 Å². The van der Waals surface area contributed by atoms with Crippen molar-refractivity contribution in [2.75, 3.05) is 72.6 Å². The monoisotopic (exact) mass is 646 g/mol. The predicted molar refractivity (Wildman–Crippen MR) is 156 cm³/mol. The Morgan fingerprint density at radius 3 is 2.00 bits per heavy atom. The van der Waals surface area contributed by atoms with Crippen LogP contribution in [0.5, 0.6) is 0 Å². The van der Waals surface area contributed by atoms with Gasteiger partial charge in [0.05, 0.1) is 65.6 Å². The fourth-order valence-corrected chi connectivity index (χ4v) is 4.71. The van der Waals surface area contributed by atoms with Crippen molar-refractivity contribution in [3.63, 3.8) is 0 Å². The third kappa shape index (κ3) is 25.7. The van der Waals surface area contributed by atoms with Gasteiger partial charge in [-0.3, -0.25) is 14.1 Å². The number of ether oxygens (including phenoxy) is 4. The molecule has 2 amide bonds. The van der Waals surface area contributed by atoms with Crippen LogP contribution in [0.2, 0.25) is 0 Å². The predicted octanol–water partition coefficient (Wildman–Crippen LogP) is 0.499. The van der Waals surface area contributed by atoms with Crippen LogP contribution in [0, 0.1) is 0 Å². The highest BCUT2D eigenvalue weighted by Crippen LogP contribution is 2.36. The minimum Gasteiger partial charge on any atom is -0.382 e. The molecule has 3 unspecified atom stereocenters. The fourth-order valence-electron chi connectivity index (χ4n) is 3.75. The molecule has 1 rings (SSSR count). The summed E-state index contributed by atoms with van der Waals surface area (Å²) in [4.78, 5) is 50.6. The molecule has 0 spiro atoms. The van der Waals surface area contributed by atoms with Crippen LogP contribution < -0.4 is 10.6 Å². The molecule has 0 aromatic carbocycles. The molecule has 42 heavy (non-hydrogen) atoms. The van der Waals surface area contributed by atoms with E-state index in [9.17, 15) is 19.0 Å². The molecule has 1 fully saturated rings. The quantitative estimate of drug-likeness (QED) is 0.0448. The standard InChI is InChI=1S/C24H49BN2O13P2/c25-22-9-8-21(40-22)20-38-41(30)37-19-18-36-17-16-35-15-14-34-13-11-27-24(29)7-5-6-23(28)26-10-3-1-2-4-12-39-42(31,32)33/h21-22,30H,1-20,25H2,(H,26,28)(H,27,29)(H2,31,32,33). The number of rotatable bonds is 28. The van der Waals surface area contributed by atoms with Crippen LogP contribution in [0.4, 0.5) is 0 Å². The van der Waals surface area contributed by atoms with Gasteiger partial charge in [0.2, 0.25) is 11.8 Å². The maximum absolute atomic E-state index is 11.9. The summed E-state index contributed by atoms with van der Waals surface area (Å²) in [6.07, 6.45) is 5.78. The molecule has 18 heteroatoms. The van der Waals surface area contributed by atoms with Gasteiger partial charge in [0.1, 0.15) is 7.85 Å². The van der Waals surface area contributed by atoms with Gasteiger partial charge in [0.25, 0.3) is 0 Å². The van der Waals surface area contributed by atoms with Crippen molar-refractivity contribution in [1.29, 1.82) is 0 Å². The summed E-state index contributed by atoms with van der Waals surface area (Å²) in [7, 11) is -4.31. The maximum Gasteiger partial charge on any atom is 0.469 e. The minimum atomic E-state index is -4.39. The second-order valence-corrected chi connectivity index (χ2v) is 11.9. The molecule has 1 aliphatic heterocycles. The summed E-state index contributed by atoms with van der Waals surface area (Å²) in [5.41, 5.74) is 0. The molecule has 246 valence electrons. The number of unbranched alkanes of at least 4 members (excludes halogenated alkanes) is 3. The van der Waals surface area contributed by atoms with E-state index in [0.29, 0.717) is 72.2 Å². The molecular formula is C24H49BN2O13P2. The zero-order valence-corrected chi connectivity index (χ0v) is 26.4. The summed E-state index contributed by atoms with van der Waals surface area (Å²) in [6.45, 7) is 3.67. The highest BCUT2D eigenvalue weighted by atomic mass is 31.2. The Hall–Kier alpha value is -0.735. The summed E-state index contributed by atoms with van der Waals surface area (Å²) in [6, 6.07) is 0.237. The van der Waals surface area contributed by atoms with E-state index in [1.54, 1.807) is 0 Å². The van der Waals surface area contributed by atoms with Gasteiger partial charge in [-0.2, -0.15) is 0 Å². The summed E-state index contributed by atoms with van der Waals surface area (Å²) in [5, 5.41) is 5.54. The number of hydrogen-bond acceptors (Lipinski definition) is 11. The highest BCUT2D eigenvalue weighted by Gasteiger charge is 2.23. The Kier molecular flexibility index (Phi) is 23.9. The van der Waals surface area contributed by atoms with E-state index in [1.165, 1.54) is 0 Å². The van der Waals surface area contributed by atoms with E-state index >= 15 is 0 Å². The summed E-state index contributed by atoms with van der Waals surface area (Å²) in [5.74, 6) is -0.251. The molecule has 0 aliphatic carbocycles. The van der Waals surface area contributed by atoms with Crippen molar-refractivity contribution in [1.82, 2.24) is 10.6 Å². The lowest BCUT2D eigenvalue weighted by Gasteiger charge is -2.14. The van der Waals surface area contributed by atoms with E-state index in [0.717, 1.165) is 32.1 Å². The van der Waals surface area contributed by atoms with Gasteiger partial charge in [-0.1, -0.05) is 12.8 Å². The van der Waals surface area contributed by atoms with E-state index in [2.05, 4.69) is 15.2 Å². The highest BCUT2D eigenvalue weighted by molar-refractivity contribution is 7.46. The molecule has 1 aliphatic rings. The molecule has 5 N–H and O–H groups in total. The van der Waals surface area contributed by atoms with Gasteiger partial charge in [-0.15, -0.1) is 0 Å². The average molecular weight is 646 g/mol. The smallest absolute Gasteiger partial charge is 0.382 e. The summed E-state index contributed by atoms with van der Waals surface area (Å²) >= 11 is 0. The van der Waals surface area contributed by atoms with Gasteiger partial charge >= 0.3 is 16.4 Å². The largest absolute Gasteiger partial charge is 0.469 e. The molecular weight excluding hydrogens is 597 g/mol. The average Bonchev–Trinajstić information content (AvgIpc) is 3.35. The van der Waals surface area contributed by atoms with Gasteiger partial charge in [0, 0.05) is 31.9 Å². The number of hydrogen-bond donors (Lipinski definition) is 5. The lowest BCUT2D eigenvalue weighted by molar-refractivity contribution is -0.122. The van der Waals surface area contributed by atoms with Crippen molar-refractivity contribution >= 4 is 36.1 Å². The van der Waals surface area contributed by atoms with Crippen molar-refractivity contribution < 1.29 is 61.4 Å². The normalized spacial score (nSPS) is 17.8. The molecule has 15 nitrogen and oxygen atoms in total. The first-order valence-electron chi connectivity index (χ1n) is 14.5. The molecule has 0 bridgehead atoms. The fraction of sp³-hybridized carbons (Fsp3) is 0.917. The number of amides is 2. The third-order valence-corrected chi connectivity index (χ3v) is 7.19. The van der Waals surface area contributed by atoms with Crippen LogP contribution in [0.15, 0.2) is 0 Å². The van der Waals surface area contributed by atoms with E-state index in [1.807, 2.05) is 7.85 Å². The zero-order valence-electron chi connectivity index (χ0n) is 24.6. The number of phosphoric acid groups is 1. The first-order chi connectivity index (χ1) is 20.2. The Balaban J connectivity index is 1.77. The number of carbonyl (C=O) groups excluding carboxylic acids is 2. The molecule has 3 atom stereocenters. The van der Waals surface area contributed by atoms with Crippen LogP contribution in [-0.2, 0) is 46.7 Å². The molecule has 0 radical (unpaired) electrons. The van der Waals surface area contributed by atoms with Crippen LogP contribution in [0.3, 0.4) is 0 Å². The van der Waals surface area contributed by atoms with Gasteiger partial charge < -0.3 is 53.3 Å². The number of carbonyl (C=O) groups is 2. The van der Waals surface area contributed by atoms with Crippen molar-refractivity contribution in [2.45, 2.75) is 69.9 Å². The Labute approximate surface area is 250 Å². The van der Waals surface area contributed by atoms with Gasteiger partial charge in [0.15, 0.2) is 0 Å². The zero-order chi connectivity index (χ0) is 30.9. The van der Waals surface area contributed by atoms with Crippen LogP contribution in [-0.4, -0.2) is 119 Å². The number of phosphoric ester groups is 1. The molecule has 0 saturated carbocycles. The van der Waals surface area contributed by atoms with Crippen molar-refractivity contribution in [3.8, 4) is 0 Å². The second-order valence-electron chi connectivity index (χ2n) is 9.64. The van der Waals surface area contributed by atoms with Crippen LogP contribution >= 0.6 is 16.4 Å². The SMILES string of the molecule is BC1CCC(COP(O)OCCOCCOCCOCCNC(=O)CCCC(=O)NCCCCCCOP(=O)(O)O)O1. The van der Waals surface area contributed by atoms with E-state index in [4.69, 9.17) is 37.8 Å². The van der Waals surface area contributed by atoms with Crippen molar-refractivity contribution in [3.05, 3.63) is 0 Å². The van der Waals surface area contributed by atoms with Gasteiger partial charge in [-0.25, -0.2) is 4.57 Å².